The van der Waals surface area contributed by atoms with Crippen LogP contribution in [0.2, 0.25) is 0 Å². The van der Waals surface area contributed by atoms with Gasteiger partial charge in [0.25, 0.3) is 0 Å². The van der Waals surface area contributed by atoms with E-state index in [1.54, 1.807) is 0 Å². The predicted octanol–water partition coefficient (Wildman–Crippen LogP) is 2.46. The van der Waals surface area contributed by atoms with E-state index in [1.807, 2.05) is 26.0 Å². The smallest absolute Gasteiger partial charge is 0.237 e. The molecule has 1 aliphatic carbocycles. The zero-order valence-corrected chi connectivity index (χ0v) is 13.2. The molecule has 116 valence electrons. The van der Waals surface area contributed by atoms with E-state index in [-0.39, 0.29) is 5.91 Å². The maximum Gasteiger partial charge on any atom is 0.237 e. The SMILES string of the molecule is Cc1ccc(OCCCC(C)(NC2CC2)C(N)=O)c(C)c1. The van der Waals surface area contributed by atoms with Gasteiger partial charge >= 0.3 is 0 Å². The van der Waals surface area contributed by atoms with Crippen molar-refractivity contribution in [2.75, 3.05) is 6.61 Å². The second kappa shape index (κ2) is 6.48. The van der Waals surface area contributed by atoms with Crippen molar-refractivity contribution in [1.29, 1.82) is 0 Å². The van der Waals surface area contributed by atoms with E-state index >= 15 is 0 Å². The van der Waals surface area contributed by atoms with E-state index < -0.39 is 5.54 Å². The van der Waals surface area contributed by atoms with Crippen LogP contribution in [0.25, 0.3) is 0 Å². The number of nitrogens with one attached hydrogen (secondary N) is 1. The second-order valence-electron chi connectivity index (χ2n) is 6.34. The van der Waals surface area contributed by atoms with Crippen LogP contribution in [0.4, 0.5) is 0 Å². The molecule has 0 spiro atoms. The second-order valence-corrected chi connectivity index (χ2v) is 6.34. The molecule has 3 N–H and O–H groups in total. The Morgan fingerprint density at radius 2 is 2.14 bits per heavy atom. The Bertz CT molecular complexity index is 512. The summed E-state index contributed by atoms with van der Waals surface area (Å²) in [6.45, 7) is 6.60. The standard InChI is InChI=1S/C17H26N2O2/c1-12-5-8-15(13(2)11-12)21-10-4-9-17(3,16(18)20)19-14-6-7-14/h5,8,11,14,19H,4,6-7,9-10H2,1-3H3,(H2,18,20). The Labute approximate surface area is 127 Å². The van der Waals surface area contributed by atoms with E-state index in [0.29, 0.717) is 19.1 Å². The first-order valence-corrected chi connectivity index (χ1v) is 7.68. The summed E-state index contributed by atoms with van der Waals surface area (Å²) in [6, 6.07) is 6.62. The normalized spacial score (nSPS) is 17.3. The van der Waals surface area contributed by atoms with E-state index in [2.05, 4.69) is 18.3 Å². The molecule has 1 aliphatic rings. The van der Waals surface area contributed by atoms with Crippen molar-refractivity contribution in [3.05, 3.63) is 29.3 Å². The van der Waals surface area contributed by atoms with Gasteiger partial charge in [-0.05, 0) is 58.1 Å². The number of carbonyl (C=O) groups excluding carboxylic acids is 1. The highest BCUT2D eigenvalue weighted by molar-refractivity contribution is 5.84. The number of carbonyl (C=O) groups is 1. The van der Waals surface area contributed by atoms with E-state index in [1.165, 1.54) is 5.56 Å². The Morgan fingerprint density at radius 1 is 1.43 bits per heavy atom. The van der Waals surface area contributed by atoms with Gasteiger partial charge in [-0.3, -0.25) is 4.79 Å². The largest absolute Gasteiger partial charge is 0.493 e. The molecule has 1 amide bonds. The van der Waals surface area contributed by atoms with Gasteiger partial charge in [-0.15, -0.1) is 0 Å². The molecule has 1 atom stereocenters. The minimum atomic E-state index is -0.618. The van der Waals surface area contributed by atoms with Crippen LogP contribution in [0, 0.1) is 13.8 Å². The summed E-state index contributed by atoms with van der Waals surface area (Å²) in [6.07, 6.45) is 3.78. The fourth-order valence-corrected chi connectivity index (χ4v) is 2.51. The molecule has 1 unspecified atom stereocenters. The minimum Gasteiger partial charge on any atom is -0.493 e. The number of hydrogen-bond acceptors (Lipinski definition) is 3. The highest BCUT2D eigenvalue weighted by Crippen LogP contribution is 2.25. The lowest BCUT2D eigenvalue weighted by Gasteiger charge is -2.27. The van der Waals surface area contributed by atoms with Gasteiger partial charge in [-0.2, -0.15) is 0 Å². The number of aryl methyl sites for hydroxylation is 2. The molecule has 2 rings (SSSR count). The Morgan fingerprint density at radius 3 is 2.71 bits per heavy atom. The molecule has 1 saturated carbocycles. The summed E-state index contributed by atoms with van der Waals surface area (Å²) >= 11 is 0. The molecule has 0 aromatic heterocycles. The topological polar surface area (TPSA) is 64.3 Å². The number of benzene rings is 1. The number of nitrogens with two attached hydrogens (primary N) is 1. The quantitative estimate of drug-likeness (QED) is 0.723. The first-order chi connectivity index (χ1) is 9.90. The van der Waals surface area contributed by atoms with Crippen LogP contribution < -0.4 is 15.8 Å². The average Bonchev–Trinajstić information content (AvgIpc) is 3.20. The van der Waals surface area contributed by atoms with Crippen molar-refractivity contribution >= 4 is 5.91 Å². The highest BCUT2D eigenvalue weighted by atomic mass is 16.5. The summed E-state index contributed by atoms with van der Waals surface area (Å²) in [5, 5.41) is 3.35. The number of rotatable bonds is 8. The molecule has 0 saturated heterocycles. The lowest BCUT2D eigenvalue weighted by molar-refractivity contribution is -0.124. The van der Waals surface area contributed by atoms with Crippen molar-refractivity contribution in [3.63, 3.8) is 0 Å². The van der Waals surface area contributed by atoms with Crippen molar-refractivity contribution in [1.82, 2.24) is 5.32 Å². The number of hydrogen-bond donors (Lipinski definition) is 2. The molecule has 4 nitrogen and oxygen atoms in total. The van der Waals surface area contributed by atoms with Crippen LogP contribution in [0.5, 0.6) is 5.75 Å². The van der Waals surface area contributed by atoms with Crippen LogP contribution in [-0.2, 0) is 4.79 Å². The zero-order chi connectivity index (χ0) is 15.5. The molecular weight excluding hydrogens is 264 g/mol. The van der Waals surface area contributed by atoms with E-state index in [9.17, 15) is 4.79 Å². The third kappa shape index (κ3) is 4.46. The third-order valence-electron chi connectivity index (χ3n) is 4.05. The van der Waals surface area contributed by atoms with Crippen LogP contribution in [-0.4, -0.2) is 24.1 Å². The molecule has 0 radical (unpaired) electrons. The van der Waals surface area contributed by atoms with Gasteiger partial charge in [0, 0.05) is 6.04 Å². The monoisotopic (exact) mass is 290 g/mol. The maximum absolute atomic E-state index is 11.7. The highest BCUT2D eigenvalue weighted by Gasteiger charge is 2.36. The molecule has 1 aromatic rings. The lowest BCUT2D eigenvalue weighted by atomic mass is 9.95. The van der Waals surface area contributed by atoms with Crippen LogP contribution in [0.15, 0.2) is 18.2 Å². The van der Waals surface area contributed by atoms with Gasteiger partial charge in [-0.1, -0.05) is 17.7 Å². The first kappa shape index (κ1) is 15.8. The van der Waals surface area contributed by atoms with E-state index in [4.69, 9.17) is 10.5 Å². The summed E-state index contributed by atoms with van der Waals surface area (Å²) in [7, 11) is 0. The molecule has 0 aliphatic heterocycles. The number of amides is 1. The van der Waals surface area contributed by atoms with Crippen LogP contribution in [0.1, 0.15) is 43.7 Å². The van der Waals surface area contributed by atoms with Gasteiger partial charge in [0.15, 0.2) is 0 Å². The van der Waals surface area contributed by atoms with Gasteiger partial charge in [0.1, 0.15) is 5.75 Å². The van der Waals surface area contributed by atoms with Crippen LogP contribution >= 0.6 is 0 Å². The van der Waals surface area contributed by atoms with Crippen LogP contribution in [0.3, 0.4) is 0 Å². The van der Waals surface area contributed by atoms with E-state index in [0.717, 1.165) is 30.6 Å². The summed E-state index contributed by atoms with van der Waals surface area (Å²) in [5.41, 5.74) is 7.29. The summed E-state index contributed by atoms with van der Waals surface area (Å²) in [5.74, 6) is 0.637. The number of ether oxygens (including phenoxy) is 1. The fourth-order valence-electron chi connectivity index (χ4n) is 2.51. The van der Waals surface area contributed by atoms with Crippen molar-refractivity contribution in [2.24, 2.45) is 5.73 Å². The molecular formula is C17H26N2O2. The summed E-state index contributed by atoms with van der Waals surface area (Å²) in [4.78, 5) is 11.7. The third-order valence-corrected chi connectivity index (χ3v) is 4.05. The van der Waals surface area contributed by atoms with Gasteiger partial charge < -0.3 is 15.8 Å². The zero-order valence-electron chi connectivity index (χ0n) is 13.2. The molecule has 1 fully saturated rings. The Balaban J connectivity index is 1.80. The van der Waals surface area contributed by atoms with Crippen molar-refractivity contribution in [3.8, 4) is 5.75 Å². The molecule has 0 heterocycles. The minimum absolute atomic E-state index is 0.277. The van der Waals surface area contributed by atoms with Gasteiger partial charge in [0.2, 0.25) is 5.91 Å². The fraction of sp³-hybridized carbons (Fsp3) is 0.588. The lowest BCUT2D eigenvalue weighted by Crippen LogP contribution is -2.54. The molecule has 4 heteroatoms. The summed E-state index contributed by atoms with van der Waals surface area (Å²) < 4.78 is 5.81. The Hall–Kier alpha value is -1.55. The Kier molecular flexibility index (Phi) is 4.88. The number of primary amides is 1. The van der Waals surface area contributed by atoms with Gasteiger partial charge in [0.05, 0.1) is 12.1 Å². The molecule has 0 bridgehead atoms. The van der Waals surface area contributed by atoms with Gasteiger partial charge in [-0.25, -0.2) is 0 Å². The maximum atomic E-state index is 11.7. The van der Waals surface area contributed by atoms with Crippen molar-refractivity contribution < 1.29 is 9.53 Å². The average molecular weight is 290 g/mol. The molecule has 21 heavy (non-hydrogen) atoms. The first-order valence-electron chi connectivity index (χ1n) is 7.68. The van der Waals surface area contributed by atoms with Crippen molar-refractivity contribution in [2.45, 2.75) is 58.0 Å². The molecule has 1 aromatic carbocycles. The predicted molar refractivity (Wildman–Crippen MR) is 84.4 cm³/mol.